The third-order valence-electron chi connectivity index (χ3n) is 1.72. The van der Waals surface area contributed by atoms with Gasteiger partial charge < -0.3 is 9.84 Å². The van der Waals surface area contributed by atoms with Gasteiger partial charge in [0.2, 0.25) is 0 Å². The Bertz CT molecular complexity index is 166. The number of carbonyl (C=O) groups is 1. The van der Waals surface area contributed by atoms with Gasteiger partial charge in [-0.1, -0.05) is 19.4 Å². The SMILES string of the molecule is C=C[C@H](O)C[C@@H](CCC)OC(C)=O. The molecule has 13 heavy (non-hydrogen) atoms. The third-order valence-corrected chi connectivity index (χ3v) is 1.72. The zero-order chi connectivity index (χ0) is 10.3. The number of rotatable bonds is 6. The Morgan fingerprint density at radius 3 is 2.69 bits per heavy atom. The van der Waals surface area contributed by atoms with E-state index in [1.807, 2.05) is 6.92 Å². The van der Waals surface area contributed by atoms with Gasteiger partial charge in [-0.3, -0.25) is 4.79 Å². The van der Waals surface area contributed by atoms with E-state index in [4.69, 9.17) is 4.74 Å². The number of ether oxygens (including phenoxy) is 1. The van der Waals surface area contributed by atoms with E-state index >= 15 is 0 Å². The first-order valence-corrected chi connectivity index (χ1v) is 4.58. The maximum absolute atomic E-state index is 10.7. The van der Waals surface area contributed by atoms with Crippen LogP contribution >= 0.6 is 0 Å². The van der Waals surface area contributed by atoms with Gasteiger partial charge in [0.15, 0.2) is 0 Å². The van der Waals surface area contributed by atoms with E-state index in [9.17, 15) is 9.90 Å². The molecule has 0 amide bonds. The monoisotopic (exact) mass is 186 g/mol. The number of aliphatic hydroxyl groups excluding tert-OH is 1. The van der Waals surface area contributed by atoms with Crippen LogP contribution in [0, 0.1) is 0 Å². The minimum Gasteiger partial charge on any atom is -0.462 e. The Balaban J connectivity index is 3.92. The van der Waals surface area contributed by atoms with Crippen molar-refractivity contribution >= 4 is 5.97 Å². The summed E-state index contributed by atoms with van der Waals surface area (Å²) >= 11 is 0. The van der Waals surface area contributed by atoms with Crippen LogP contribution < -0.4 is 0 Å². The maximum atomic E-state index is 10.7. The molecule has 2 atom stereocenters. The maximum Gasteiger partial charge on any atom is 0.302 e. The van der Waals surface area contributed by atoms with Crippen molar-refractivity contribution in [2.45, 2.75) is 45.3 Å². The number of hydrogen-bond acceptors (Lipinski definition) is 3. The molecular formula is C10H18O3. The van der Waals surface area contributed by atoms with Gasteiger partial charge in [0.05, 0.1) is 6.10 Å². The third kappa shape index (κ3) is 6.34. The lowest BCUT2D eigenvalue weighted by Gasteiger charge is -2.17. The first kappa shape index (κ1) is 12.2. The Kier molecular flexibility index (Phi) is 6.24. The second kappa shape index (κ2) is 6.66. The van der Waals surface area contributed by atoms with Gasteiger partial charge >= 0.3 is 5.97 Å². The van der Waals surface area contributed by atoms with Crippen molar-refractivity contribution in [3.63, 3.8) is 0 Å². The predicted octanol–water partition coefficient (Wildman–Crippen LogP) is 1.66. The number of aliphatic hydroxyl groups is 1. The minimum absolute atomic E-state index is 0.185. The molecule has 0 aromatic rings. The molecule has 1 N–H and O–H groups in total. The standard InChI is InChI=1S/C10H18O3/c1-4-6-10(13-8(3)11)7-9(12)5-2/h5,9-10,12H,2,4,6-7H2,1,3H3/t9-,10+/m0/s1. The summed E-state index contributed by atoms with van der Waals surface area (Å²) in [7, 11) is 0. The highest BCUT2D eigenvalue weighted by atomic mass is 16.5. The summed E-state index contributed by atoms with van der Waals surface area (Å²) in [6, 6.07) is 0. The molecule has 0 spiro atoms. The number of esters is 1. The second-order valence-electron chi connectivity index (χ2n) is 3.06. The van der Waals surface area contributed by atoms with Crippen LogP contribution in [0.25, 0.3) is 0 Å². The average molecular weight is 186 g/mol. The van der Waals surface area contributed by atoms with Crippen LogP contribution in [-0.2, 0) is 9.53 Å². The zero-order valence-electron chi connectivity index (χ0n) is 8.32. The molecule has 0 aliphatic rings. The summed E-state index contributed by atoms with van der Waals surface area (Å²) in [6.07, 6.45) is 2.83. The van der Waals surface area contributed by atoms with Crippen LogP contribution in [-0.4, -0.2) is 23.3 Å². The first-order chi connectivity index (χ1) is 6.10. The Labute approximate surface area is 79.4 Å². The molecule has 0 unspecified atom stereocenters. The molecule has 0 radical (unpaired) electrons. The molecule has 0 rings (SSSR count). The molecule has 0 bridgehead atoms. The fourth-order valence-electron chi connectivity index (χ4n) is 1.15. The Morgan fingerprint density at radius 1 is 1.69 bits per heavy atom. The highest BCUT2D eigenvalue weighted by molar-refractivity contribution is 5.66. The highest BCUT2D eigenvalue weighted by Gasteiger charge is 2.14. The molecule has 3 nitrogen and oxygen atoms in total. The Morgan fingerprint density at radius 2 is 2.31 bits per heavy atom. The van der Waals surface area contributed by atoms with Gasteiger partial charge in [-0.15, -0.1) is 6.58 Å². The predicted molar refractivity (Wildman–Crippen MR) is 51.3 cm³/mol. The second-order valence-corrected chi connectivity index (χ2v) is 3.06. The lowest BCUT2D eigenvalue weighted by atomic mass is 10.1. The molecule has 76 valence electrons. The van der Waals surface area contributed by atoms with E-state index in [1.54, 1.807) is 0 Å². The normalized spacial score (nSPS) is 14.7. The highest BCUT2D eigenvalue weighted by Crippen LogP contribution is 2.10. The van der Waals surface area contributed by atoms with Crippen LogP contribution in [0.4, 0.5) is 0 Å². The van der Waals surface area contributed by atoms with Gasteiger partial charge in [-0.05, 0) is 6.42 Å². The molecule has 0 heterocycles. The van der Waals surface area contributed by atoms with Gasteiger partial charge in [-0.2, -0.15) is 0 Å². The van der Waals surface area contributed by atoms with Crippen LogP contribution in [0.2, 0.25) is 0 Å². The molecule has 0 aromatic carbocycles. The number of carbonyl (C=O) groups excluding carboxylic acids is 1. The van der Waals surface area contributed by atoms with Crippen molar-refractivity contribution in [2.75, 3.05) is 0 Å². The summed E-state index contributed by atoms with van der Waals surface area (Å²) in [4.78, 5) is 10.7. The molecule has 0 aliphatic heterocycles. The molecular weight excluding hydrogens is 168 g/mol. The molecule has 0 fully saturated rings. The van der Waals surface area contributed by atoms with E-state index in [0.717, 1.165) is 12.8 Å². The van der Waals surface area contributed by atoms with Gasteiger partial charge in [-0.25, -0.2) is 0 Å². The molecule has 3 heteroatoms. The largest absolute Gasteiger partial charge is 0.462 e. The van der Waals surface area contributed by atoms with E-state index in [0.29, 0.717) is 6.42 Å². The fraction of sp³-hybridized carbons (Fsp3) is 0.700. The lowest BCUT2D eigenvalue weighted by Crippen LogP contribution is -2.21. The summed E-state index contributed by atoms with van der Waals surface area (Å²) < 4.78 is 5.02. The van der Waals surface area contributed by atoms with Crippen molar-refractivity contribution in [3.05, 3.63) is 12.7 Å². The fourth-order valence-corrected chi connectivity index (χ4v) is 1.15. The summed E-state index contributed by atoms with van der Waals surface area (Å²) in [6.45, 7) is 6.85. The number of hydrogen-bond donors (Lipinski definition) is 1. The van der Waals surface area contributed by atoms with E-state index < -0.39 is 6.10 Å². The Hall–Kier alpha value is -0.830. The molecule has 0 aliphatic carbocycles. The van der Waals surface area contributed by atoms with Gasteiger partial charge in [0.25, 0.3) is 0 Å². The summed E-state index contributed by atoms with van der Waals surface area (Å²) in [5.41, 5.74) is 0. The first-order valence-electron chi connectivity index (χ1n) is 4.58. The van der Waals surface area contributed by atoms with E-state index in [2.05, 4.69) is 6.58 Å². The van der Waals surface area contributed by atoms with Gasteiger partial charge in [0.1, 0.15) is 6.10 Å². The van der Waals surface area contributed by atoms with Crippen LogP contribution in [0.15, 0.2) is 12.7 Å². The van der Waals surface area contributed by atoms with Crippen LogP contribution in [0.3, 0.4) is 0 Å². The molecule has 0 saturated carbocycles. The van der Waals surface area contributed by atoms with Gasteiger partial charge in [0, 0.05) is 13.3 Å². The lowest BCUT2D eigenvalue weighted by molar-refractivity contribution is -0.147. The van der Waals surface area contributed by atoms with Crippen molar-refractivity contribution in [3.8, 4) is 0 Å². The quantitative estimate of drug-likeness (QED) is 0.507. The van der Waals surface area contributed by atoms with E-state index in [1.165, 1.54) is 13.0 Å². The van der Waals surface area contributed by atoms with Crippen LogP contribution in [0.1, 0.15) is 33.1 Å². The molecule has 0 aromatic heterocycles. The minimum atomic E-state index is -0.587. The van der Waals surface area contributed by atoms with Crippen molar-refractivity contribution in [2.24, 2.45) is 0 Å². The van der Waals surface area contributed by atoms with Crippen molar-refractivity contribution < 1.29 is 14.6 Å². The average Bonchev–Trinajstić information content (AvgIpc) is 2.03. The topological polar surface area (TPSA) is 46.5 Å². The van der Waals surface area contributed by atoms with Crippen molar-refractivity contribution in [1.29, 1.82) is 0 Å². The smallest absolute Gasteiger partial charge is 0.302 e. The van der Waals surface area contributed by atoms with Crippen LogP contribution in [0.5, 0.6) is 0 Å². The van der Waals surface area contributed by atoms with Crippen molar-refractivity contribution in [1.82, 2.24) is 0 Å². The summed E-state index contributed by atoms with van der Waals surface area (Å²) in [5.74, 6) is -0.297. The summed E-state index contributed by atoms with van der Waals surface area (Å²) in [5, 5.41) is 9.26. The van der Waals surface area contributed by atoms with E-state index in [-0.39, 0.29) is 12.1 Å². The zero-order valence-corrected chi connectivity index (χ0v) is 8.32. The molecule has 0 saturated heterocycles.